The molecule has 1 unspecified atom stereocenters. The summed E-state index contributed by atoms with van der Waals surface area (Å²) in [4.78, 5) is 21.3. The molecule has 3 N–H and O–H groups in total. The molecular formula is C7H14NO5Y+. The Morgan fingerprint density at radius 3 is 2.36 bits per heavy atom. The van der Waals surface area contributed by atoms with Gasteiger partial charge in [0.2, 0.25) is 6.29 Å². The van der Waals surface area contributed by atoms with E-state index in [-0.39, 0.29) is 45.9 Å². The summed E-state index contributed by atoms with van der Waals surface area (Å²) in [6.07, 6.45) is -1.79. The number of carbonyl (C=O) groups excluding carboxylic acids is 2. The quantitative estimate of drug-likeness (QED) is 0.543. The molecule has 0 heterocycles. The second-order valence-corrected chi connectivity index (χ2v) is 2.11. The Bertz CT molecular complexity index is 187. The van der Waals surface area contributed by atoms with Crippen molar-refractivity contribution in [1.82, 2.24) is 0 Å². The summed E-state index contributed by atoms with van der Waals surface area (Å²) in [7, 11) is 0. The van der Waals surface area contributed by atoms with Crippen molar-refractivity contribution in [2.45, 2.75) is 20.1 Å². The maximum Gasteiger partial charge on any atom is 0.511 e. The van der Waals surface area contributed by atoms with Crippen LogP contribution in [0, 0.1) is 0 Å². The smallest absolute Gasteiger partial charge is 0.435 e. The topological polar surface area (TPSA) is 89.5 Å². The van der Waals surface area contributed by atoms with Crippen LogP contribution >= 0.6 is 0 Å². The summed E-state index contributed by atoms with van der Waals surface area (Å²) in [6.45, 7) is 3.28. The maximum atomic E-state index is 10.7. The molecular weight excluding hydrogens is 267 g/mol. The van der Waals surface area contributed by atoms with Gasteiger partial charge in [0.15, 0.2) is 6.54 Å². The van der Waals surface area contributed by atoms with Gasteiger partial charge >= 0.3 is 12.1 Å². The molecule has 0 aliphatic rings. The zero-order valence-corrected chi connectivity index (χ0v) is 11.2. The largest absolute Gasteiger partial charge is 0.511 e. The molecule has 14 heavy (non-hydrogen) atoms. The minimum Gasteiger partial charge on any atom is -0.435 e. The van der Waals surface area contributed by atoms with E-state index in [9.17, 15) is 9.59 Å². The van der Waals surface area contributed by atoms with Crippen LogP contribution in [-0.4, -0.2) is 31.6 Å². The molecule has 0 amide bonds. The summed E-state index contributed by atoms with van der Waals surface area (Å²) < 4.78 is 13.6. The third kappa shape index (κ3) is 8.40. The van der Waals surface area contributed by atoms with E-state index in [1.807, 2.05) is 0 Å². The fourth-order valence-electron chi connectivity index (χ4n) is 0.555. The van der Waals surface area contributed by atoms with Gasteiger partial charge in [-0.25, -0.2) is 9.59 Å². The summed E-state index contributed by atoms with van der Waals surface area (Å²) >= 11 is 0. The van der Waals surface area contributed by atoms with Gasteiger partial charge in [-0.3, -0.25) is 0 Å². The van der Waals surface area contributed by atoms with E-state index in [1.165, 1.54) is 6.92 Å². The van der Waals surface area contributed by atoms with Gasteiger partial charge in [0.1, 0.15) is 0 Å². The average Bonchev–Trinajstić information content (AvgIpc) is 2.04. The predicted molar refractivity (Wildman–Crippen MR) is 41.4 cm³/mol. The number of esters is 1. The Labute approximate surface area is 107 Å². The zero-order valence-electron chi connectivity index (χ0n) is 8.32. The number of quaternary nitrogens is 1. The maximum absolute atomic E-state index is 10.7. The molecule has 0 aliphatic carbocycles. The number of hydrogen-bond donors (Lipinski definition) is 1. The van der Waals surface area contributed by atoms with Gasteiger partial charge in [0.05, 0.1) is 6.61 Å². The van der Waals surface area contributed by atoms with E-state index in [2.05, 4.69) is 19.9 Å². The van der Waals surface area contributed by atoms with Crippen LogP contribution in [0.4, 0.5) is 4.79 Å². The van der Waals surface area contributed by atoms with Gasteiger partial charge in [-0.2, -0.15) is 0 Å². The SMILES string of the molecule is CCOC(=O)OC(C)OC(=O)C[NH3+].[Y]. The standard InChI is InChI=1S/C7H13NO5.Y/c1-3-11-7(10)13-5(2)12-6(9)4-8;/h5H,3-4,8H2,1-2H3;/p+1. The number of carbonyl (C=O) groups is 2. The van der Waals surface area contributed by atoms with Crippen molar-refractivity contribution < 1.29 is 62.2 Å². The first-order valence-electron chi connectivity index (χ1n) is 3.92. The molecule has 79 valence electrons. The molecule has 0 aromatic heterocycles. The van der Waals surface area contributed by atoms with Crippen LogP contribution in [-0.2, 0) is 51.7 Å². The Hall–Kier alpha value is -0.196. The molecule has 0 saturated carbocycles. The zero-order chi connectivity index (χ0) is 10.3. The Balaban J connectivity index is 0. The normalized spacial score (nSPS) is 10.8. The number of ether oxygens (including phenoxy) is 3. The monoisotopic (exact) mass is 281 g/mol. The van der Waals surface area contributed by atoms with E-state index in [4.69, 9.17) is 0 Å². The van der Waals surface area contributed by atoms with Gasteiger partial charge in [0.25, 0.3) is 0 Å². The van der Waals surface area contributed by atoms with Crippen LogP contribution in [0.15, 0.2) is 0 Å². The van der Waals surface area contributed by atoms with Crippen molar-refractivity contribution in [3.63, 3.8) is 0 Å². The fourth-order valence-corrected chi connectivity index (χ4v) is 0.555. The number of hydrogen-bond acceptors (Lipinski definition) is 5. The molecule has 1 atom stereocenters. The van der Waals surface area contributed by atoms with E-state index >= 15 is 0 Å². The minimum absolute atomic E-state index is 0. The molecule has 0 bridgehead atoms. The van der Waals surface area contributed by atoms with Crippen molar-refractivity contribution in [3.8, 4) is 0 Å². The molecule has 0 aliphatic heterocycles. The van der Waals surface area contributed by atoms with Crippen molar-refractivity contribution in [2.24, 2.45) is 0 Å². The summed E-state index contributed by atoms with van der Waals surface area (Å²) in [5.74, 6) is -0.531. The molecule has 0 rings (SSSR count). The van der Waals surface area contributed by atoms with E-state index in [1.54, 1.807) is 6.92 Å². The summed E-state index contributed by atoms with van der Waals surface area (Å²) in [6, 6.07) is 0. The predicted octanol–water partition coefficient (Wildman–Crippen LogP) is -0.712. The second kappa shape index (κ2) is 9.36. The van der Waals surface area contributed by atoms with Crippen molar-refractivity contribution in [3.05, 3.63) is 0 Å². The van der Waals surface area contributed by atoms with E-state index < -0.39 is 18.4 Å². The van der Waals surface area contributed by atoms with Gasteiger partial charge in [-0.15, -0.1) is 0 Å². The first-order chi connectivity index (χ1) is 6.10. The molecule has 0 aromatic rings. The second-order valence-electron chi connectivity index (χ2n) is 2.11. The number of rotatable bonds is 4. The van der Waals surface area contributed by atoms with Crippen LogP contribution in [0.1, 0.15) is 13.8 Å². The Kier molecular flexibility index (Phi) is 10.9. The molecule has 0 fully saturated rings. The third-order valence-corrected chi connectivity index (χ3v) is 1.03. The molecule has 0 saturated heterocycles. The first-order valence-corrected chi connectivity index (χ1v) is 3.92. The Morgan fingerprint density at radius 1 is 1.36 bits per heavy atom. The van der Waals surface area contributed by atoms with E-state index in [0.717, 1.165) is 0 Å². The molecule has 0 aromatic carbocycles. The van der Waals surface area contributed by atoms with Crippen molar-refractivity contribution >= 4 is 12.1 Å². The minimum atomic E-state index is -0.937. The van der Waals surface area contributed by atoms with Crippen molar-refractivity contribution in [1.29, 1.82) is 0 Å². The van der Waals surface area contributed by atoms with Crippen LogP contribution in [0.2, 0.25) is 0 Å². The fraction of sp³-hybridized carbons (Fsp3) is 0.714. The van der Waals surface area contributed by atoms with Crippen molar-refractivity contribution in [2.75, 3.05) is 13.2 Å². The molecule has 0 spiro atoms. The van der Waals surface area contributed by atoms with Crippen LogP contribution in [0.3, 0.4) is 0 Å². The van der Waals surface area contributed by atoms with Gasteiger partial charge in [-0.05, 0) is 6.92 Å². The molecule has 7 heteroatoms. The molecule has 6 nitrogen and oxygen atoms in total. The van der Waals surface area contributed by atoms with Gasteiger partial charge in [0, 0.05) is 39.6 Å². The van der Waals surface area contributed by atoms with Gasteiger partial charge in [-0.1, -0.05) is 0 Å². The Morgan fingerprint density at radius 2 is 1.93 bits per heavy atom. The first kappa shape index (κ1) is 16.2. The van der Waals surface area contributed by atoms with Crippen LogP contribution in [0.25, 0.3) is 0 Å². The van der Waals surface area contributed by atoms with Gasteiger partial charge < -0.3 is 19.9 Å². The van der Waals surface area contributed by atoms with E-state index in [0.29, 0.717) is 0 Å². The summed E-state index contributed by atoms with van der Waals surface area (Å²) in [5.41, 5.74) is 3.31. The van der Waals surface area contributed by atoms with Crippen LogP contribution < -0.4 is 5.73 Å². The van der Waals surface area contributed by atoms with Crippen LogP contribution in [0.5, 0.6) is 0 Å². The third-order valence-electron chi connectivity index (χ3n) is 1.03. The summed E-state index contributed by atoms with van der Waals surface area (Å²) in [5, 5.41) is 0. The average molecular weight is 281 g/mol. The molecule has 1 radical (unpaired) electrons.